The van der Waals surface area contributed by atoms with Gasteiger partial charge in [-0.05, 0) is 44.0 Å². The molecule has 3 aromatic rings. The van der Waals surface area contributed by atoms with Crippen LogP contribution in [0, 0.1) is 20.8 Å². The molecule has 0 spiro atoms. The van der Waals surface area contributed by atoms with Gasteiger partial charge in [0.25, 0.3) is 0 Å². The molecule has 0 aliphatic heterocycles. The minimum Gasteiger partial charge on any atom is -0.378 e. The quantitative estimate of drug-likeness (QED) is 0.591. The first-order valence-corrected chi connectivity index (χ1v) is 8.60. The molecule has 0 unspecified atom stereocenters. The van der Waals surface area contributed by atoms with E-state index >= 15 is 0 Å². The number of nitrogens with zero attached hydrogens (tertiary/aromatic N) is 2. The predicted octanol–water partition coefficient (Wildman–Crippen LogP) is 5.46. The van der Waals surface area contributed by atoms with E-state index in [9.17, 15) is 0 Å². The molecule has 0 bridgehead atoms. The van der Waals surface area contributed by atoms with Crippen LogP contribution < -0.4 is 10.6 Å². The fourth-order valence-electron chi connectivity index (χ4n) is 2.69. The molecule has 3 rings (SSSR count). The second kappa shape index (κ2) is 9.35. The molecule has 142 valence electrons. The van der Waals surface area contributed by atoms with E-state index in [1.54, 1.807) is 7.11 Å². The fraction of sp³-hybridized carbons (Fsp3) is 0.238. The summed E-state index contributed by atoms with van der Waals surface area (Å²) in [4.78, 5) is 9.34. The Morgan fingerprint density at radius 1 is 0.815 bits per heavy atom. The molecule has 0 aliphatic carbocycles. The Morgan fingerprint density at radius 2 is 1.37 bits per heavy atom. The fourth-order valence-corrected chi connectivity index (χ4v) is 2.69. The number of nitrogens with one attached hydrogen (secondary N) is 2. The van der Waals surface area contributed by atoms with Gasteiger partial charge < -0.3 is 15.4 Å². The molecule has 27 heavy (non-hydrogen) atoms. The molecule has 1 heterocycles. The summed E-state index contributed by atoms with van der Waals surface area (Å²) in [6.07, 6.45) is 0. The zero-order valence-corrected chi connectivity index (χ0v) is 16.9. The summed E-state index contributed by atoms with van der Waals surface area (Å²) in [7, 11) is 1.67. The lowest BCUT2D eigenvalue weighted by atomic mass is 10.2. The van der Waals surface area contributed by atoms with E-state index in [-0.39, 0.29) is 12.4 Å². The molecule has 0 amide bonds. The number of para-hydroxylation sites is 2. The van der Waals surface area contributed by atoms with Crippen molar-refractivity contribution in [3.05, 3.63) is 70.9 Å². The molecule has 0 saturated carbocycles. The summed E-state index contributed by atoms with van der Waals surface area (Å²) >= 11 is 0. The van der Waals surface area contributed by atoms with Crippen LogP contribution in [-0.4, -0.2) is 17.1 Å². The monoisotopic (exact) mass is 384 g/mol. The number of benzene rings is 2. The van der Waals surface area contributed by atoms with E-state index in [2.05, 4.69) is 41.6 Å². The Morgan fingerprint density at radius 3 is 1.93 bits per heavy atom. The van der Waals surface area contributed by atoms with Crippen LogP contribution in [0.2, 0.25) is 0 Å². The predicted molar refractivity (Wildman–Crippen MR) is 114 cm³/mol. The van der Waals surface area contributed by atoms with Crippen molar-refractivity contribution < 1.29 is 4.74 Å². The maximum Gasteiger partial charge on any atom is 0.229 e. The van der Waals surface area contributed by atoms with Crippen LogP contribution in [0.4, 0.5) is 23.1 Å². The number of hydrogen-bond donors (Lipinski definition) is 2. The molecule has 6 heteroatoms. The normalized spacial score (nSPS) is 10.2. The Kier molecular flexibility index (Phi) is 7.16. The number of halogens is 1. The van der Waals surface area contributed by atoms with Crippen LogP contribution >= 0.6 is 12.4 Å². The Labute approximate surface area is 166 Å². The van der Waals surface area contributed by atoms with Crippen molar-refractivity contribution in [1.29, 1.82) is 0 Å². The highest BCUT2D eigenvalue weighted by Gasteiger charge is 2.13. The summed E-state index contributed by atoms with van der Waals surface area (Å²) in [5, 5.41) is 6.75. The average Bonchev–Trinajstić information content (AvgIpc) is 2.63. The lowest BCUT2D eigenvalue weighted by Crippen LogP contribution is -2.08. The van der Waals surface area contributed by atoms with Crippen molar-refractivity contribution >= 4 is 35.5 Å². The van der Waals surface area contributed by atoms with Gasteiger partial charge in [-0.3, -0.25) is 0 Å². The summed E-state index contributed by atoms with van der Waals surface area (Å²) in [5.74, 6) is 1.32. The standard InChI is InChI=1S/C21H24N4O.ClH/c1-14-9-5-7-11-17(14)22-20-16(3)19(13-26-4)24-21(25-20)23-18-12-8-6-10-15(18)2;/h5-12H,13H2,1-4H3,(H2,22,23,24,25);1H. The van der Waals surface area contributed by atoms with Crippen molar-refractivity contribution in [3.63, 3.8) is 0 Å². The van der Waals surface area contributed by atoms with E-state index in [4.69, 9.17) is 9.72 Å². The SMILES string of the molecule is COCc1nc(Nc2ccccc2C)nc(Nc2ccccc2C)c1C.Cl. The topological polar surface area (TPSA) is 59.1 Å². The Balaban J connectivity index is 0.00000261. The lowest BCUT2D eigenvalue weighted by Gasteiger charge is -2.16. The van der Waals surface area contributed by atoms with Crippen molar-refractivity contribution in [1.82, 2.24) is 9.97 Å². The van der Waals surface area contributed by atoms with Gasteiger partial charge >= 0.3 is 0 Å². The van der Waals surface area contributed by atoms with Crippen molar-refractivity contribution in [2.45, 2.75) is 27.4 Å². The highest BCUT2D eigenvalue weighted by molar-refractivity contribution is 5.85. The van der Waals surface area contributed by atoms with Crippen molar-refractivity contribution in [3.8, 4) is 0 Å². The van der Waals surface area contributed by atoms with Gasteiger partial charge in [0.15, 0.2) is 0 Å². The van der Waals surface area contributed by atoms with Crippen LogP contribution in [0.5, 0.6) is 0 Å². The van der Waals surface area contributed by atoms with E-state index in [0.29, 0.717) is 12.6 Å². The highest BCUT2D eigenvalue weighted by Crippen LogP contribution is 2.26. The molecule has 2 N–H and O–H groups in total. The lowest BCUT2D eigenvalue weighted by molar-refractivity contribution is 0.181. The minimum absolute atomic E-state index is 0. The largest absolute Gasteiger partial charge is 0.378 e. The molecule has 0 atom stereocenters. The van der Waals surface area contributed by atoms with Crippen LogP contribution in [0.15, 0.2) is 48.5 Å². The summed E-state index contributed by atoms with van der Waals surface area (Å²) in [6.45, 7) is 6.56. The Hall–Kier alpha value is -2.63. The summed E-state index contributed by atoms with van der Waals surface area (Å²) in [5.41, 5.74) is 6.15. The molecule has 0 aliphatic rings. The van der Waals surface area contributed by atoms with Gasteiger partial charge in [-0.25, -0.2) is 4.98 Å². The first kappa shape index (κ1) is 20.7. The number of rotatable bonds is 6. The van der Waals surface area contributed by atoms with E-state index in [1.807, 2.05) is 43.3 Å². The Bertz CT molecular complexity index is 914. The summed E-state index contributed by atoms with van der Waals surface area (Å²) < 4.78 is 5.32. The highest BCUT2D eigenvalue weighted by atomic mass is 35.5. The first-order chi connectivity index (χ1) is 12.6. The molecular weight excluding hydrogens is 360 g/mol. The van der Waals surface area contributed by atoms with E-state index in [1.165, 1.54) is 0 Å². The van der Waals surface area contributed by atoms with Crippen LogP contribution in [0.3, 0.4) is 0 Å². The average molecular weight is 385 g/mol. The van der Waals surface area contributed by atoms with E-state index in [0.717, 1.165) is 39.6 Å². The van der Waals surface area contributed by atoms with E-state index < -0.39 is 0 Å². The third-order valence-corrected chi connectivity index (χ3v) is 4.32. The van der Waals surface area contributed by atoms with Gasteiger partial charge in [-0.1, -0.05) is 36.4 Å². The number of methoxy groups -OCH3 is 1. The van der Waals surface area contributed by atoms with Gasteiger partial charge in [0, 0.05) is 24.0 Å². The van der Waals surface area contributed by atoms with Crippen molar-refractivity contribution in [2.24, 2.45) is 0 Å². The molecular formula is C21H25ClN4O. The van der Waals surface area contributed by atoms with Crippen molar-refractivity contribution in [2.75, 3.05) is 17.7 Å². The molecule has 5 nitrogen and oxygen atoms in total. The van der Waals surface area contributed by atoms with Crippen LogP contribution in [0.25, 0.3) is 0 Å². The molecule has 0 fully saturated rings. The molecule has 1 aromatic heterocycles. The van der Waals surface area contributed by atoms with Crippen LogP contribution in [-0.2, 0) is 11.3 Å². The van der Waals surface area contributed by atoms with Gasteiger partial charge in [0.1, 0.15) is 5.82 Å². The molecule has 0 radical (unpaired) electrons. The molecule has 2 aromatic carbocycles. The summed E-state index contributed by atoms with van der Waals surface area (Å²) in [6, 6.07) is 16.2. The number of ether oxygens (including phenoxy) is 1. The molecule has 0 saturated heterocycles. The first-order valence-electron chi connectivity index (χ1n) is 8.60. The smallest absolute Gasteiger partial charge is 0.229 e. The maximum atomic E-state index is 5.32. The maximum absolute atomic E-state index is 5.32. The number of aromatic nitrogens is 2. The number of hydrogen-bond acceptors (Lipinski definition) is 5. The third kappa shape index (κ3) is 4.96. The van der Waals surface area contributed by atoms with Crippen LogP contribution in [0.1, 0.15) is 22.4 Å². The van der Waals surface area contributed by atoms with Gasteiger partial charge in [0.2, 0.25) is 5.95 Å². The minimum atomic E-state index is 0. The van der Waals surface area contributed by atoms with Gasteiger partial charge in [-0.2, -0.15) is 4.98 Å². The van der Waals surface area contributed by atoms with Gasteiger partial charge in [0.05, 0.1) is 12.3 Å². The zero-order valence-electron chi connectivity index (χ0n) is 16.0. The zero-order chi connectivity index (χ0) is 18.5. The number of aryl methyl sites for hydroxylation is 2. The second-order valence-electron chi connectivity index (χ2n) is 6.28. The van der Waals surface area contributed by atoms with Gasteiger partial charge in [-0.15, -0.1) is 12.4 Å². The third-order valence-electron chi connectivity index (χ3n) is 4.32. The second-order valence-corrected chi connectivity index (χ2v) is 6.28. The number of anilines is 4.